The van der Waals surface area contributed by atoms with E-state index in [9.17, 15) is 0 Å². The summed E-state index contributed by atoms with van der Waals surface area (Å²) < 4.78 is 0. The van der Waals surface area contributed by atoms with Gasteiger partial charge in [0.25, 0.3) is 0 Å². The highest BCUT2D eigenvalue weighted by Crippen LogP contribution is 2.21. The van der Waals surface area contributed by atoms with Crippen molar-refractivity contribution in [3.63, 3.8) is 0 Å². The first-order valence-electron chi connectivity index (χ1n) is 8.39. The van der Waals surface area contributed by atoms with Gasteiger partial charge in [-0.05, 0) is 63.7 Å². The molecule has 2 heterocycles. The van der Waals surface area contributed by atoms with E-state index < -0.39 is 0 Å². The van der Waals surface area contributed by atoms with Crippen molar-refractivity contribution in [1.82, 2.24) is 15.1 Å². The van der Waals surface area contributed by atoms with Gasteiger partial charge >= 0.3 is 0 Å². The maximum Gasteiger partial charge on any atom is 0.0107 e. The molecule has 2 saturated heterocycles. The fourth-order valence-corrected chi connectivity index (χ4v) is 3.24. The fourth-order valence-electron chi connectivity index (χ4n) is 3.24. The highest BCUT2D eigenvalue weighted by Gasteiger charge is 2.20. The van der Waals surface area contributed by atoms with Gasteiger partial charge in [-0.3, -0.25) is 0 Å². The van der Waals surface area contributed by atoms with Gasteiger partial charge < -0.3 is 15.1 Å². The third-order valence-electron chi connectivity index (χ3n) is 4.79. The van der Waals surface area contributed by atoms with Gasteiger partial charge in [-0.25, -0.2) is 0 Å². The Morgan fingerprint density at radius 3 is 2.21 bits per heavy atom. The Morgan fingerprint density at radius 2 is 1.58 bits per heavy atom. The molecule has 1 N–H and O–H groups in total. The third kappa shape index (κ3) is 5.80. The maximum absolute atomic E-state index is 3.43. The van der Waals surface area contributed by atoms with E-state index in [0.29, 0.717) is 0 Å². The van der Waals surface area contributed by atoms with Gasteiger partial charge in [0, 0.05) is 26.2 Å². The Bertz CT molecular complexity index is 228. The highest BCUT2D eigenvalue weighted by atomic mass is 15.2. The van der Waals surface area contributed by atoms with E-state index in [0.717, 1.165) is 11.8 Å². The Labute approximate surface area is 119 Å². The minimum atomic E-state index is 0.852. The molecule has 2 aliphatic heterocycles. The number of hydrogen-bond acceptors (Lipinski definition) is 3. The molecular weight excluding hydrogens is 234 g/mol. The number of piperidine rings is 1. The Hall–Kier alpha value is -0.120. The summed E-state index contributed by atoms with van der Waals surface area (Å²) in [5, 5.41) is 3.43. The summed E-state index contributed by atoms with van der Waals surface area (Å²) >= 11 is 0. The fraction of sp³-hybridized carbons (Fsp3) is 1.00. The molecule has 0 atom stereocenters. The molecule has 0 radical (unpaired) electrons. The van der Waals surface area contributed by atoms with E-state index in [1.807, 2.05) is 0 Å². The normalized spacial score (nSPS) is 24.2. The van der Waals surface area contributed by atoms with Crippen molar-refractivity contribution in [3.05, 3.63) is 0 Å². The Balaban J connectivity index is 1.55. The second-order valence-electron chi connectivity index (χ2n) is 6.85. The van der Waals surface area contributed by atoms with Gasteiger partial charge in [0.1, 0.15) is 0 Å². The molecule has 0 unspecified atom stereocenters. The number of nitrogens with zero attached hydrogens (tertiary/aromatic N) is 2. The molecule has 0 spiro atoms. The van der Waals surface area contributed by atoms with Gasteiger partial charge in [0.05, 0.1) is 0 Å². The van der Waals surface area contributed by atoms with Gasteiger partial charge in [-0.1, -0.05) is 13.8 Å². The molecule has 0 aromatic heterocycles. The molecule has 0 aliphatic carbocycles. The molecule has 3 nitrogen and oxygen atoms in total. The predicted molar refractivity (Wildman–Crippen MR) is 82.5 cm³/mol. The van der Waals surface area contributed by atoms with Crippen LogP contribution in [0, 0.1) is 11.8 Å². The van der Waals surface area contributed by atoms with Crippen LogP contribution in [0.5, 0.6) is 0 Å². The van der Waals surface area contributed by atoms with E-state index in [1.165, 1.54) is 78.0 Å². The van der Waals surface area contributed by atoms with Crippen LogP contribution in [0.4, 0.5) is 0 Å². The minimum absolute atomic E-state index is 0.852. The zero-order valence-corrected chi connectivity index (χ0v) is 13.0. The quantitative estimate of drug-likeness (QED) is 0.794. The van der Waals surface area contributed by atoms with Gasteiger partial charge in [-0.2, -0.15) is 0 Å². The molecule has 2 fully saturated rings. The van der Waals surface area contributed by atoms with Crippen molar-refractivity contribution in [2.24, 2.45) is 11.8 Å². The molecule has 0 aromatic carbocycles. The van der Waals surface area contributed by atoms with Crippen molar-refractivity contribution in [3.8, 4) is 0 Å². The lowest BCUT2D eigenvalue weighted by atomic mass is 9.93. The predicted octanol–water partition coefficient (Wildman–Crippen LogP) is 2.04. The smallest absolute Gasteiger partial charge is 0.0107 e. The molecule has 112 valence electrons. The van der Waals surface area contributed by atoms with Crippen LogP contribution in [-0.2, 0) is 0 Å². The van der Waals surface area contributed by atoms with Crippen LogP contribution in [0.1, 0.15) is 39.5 Å². The lowest BCUT2D eigenvalue weighted by molar-refractivity contribution is 0.154. The summed E-state index contributed by atoms with van der Waals surface area (Å²) in [6.07, 6.45) is 5.66. The van der Waals surface area contributed by atoms with Crippen LogP contribution in [-0.4, -0.2) is 62.2 Å². The van der Waals surface area contributed by atoms with Crippen molar-refractivity contribution in [2.75, 3.05) is 52.4 Å². The van der Waals surface area contributed by atoms with Gasteiger partial charge in [0.15, 0.2) is 0 Å². The lowest BCUT2D eigenvalue weighted by Gasteiger charge is -2.34. The average molecular weight is 267 g/mol. The molecule has 2 rings (SSSR count). The number of hydrogen-bond donors (Lipinski definition) is 1. The highest BCUT2D eigenvalue weighted by molar-refractivity contribution is 4.75. The standard InChI is InChI=1S/C16H33N3/c1-15(2)3-9-18-10-4-16(5-11-18)6-12-19-13-7-17-8-14-19/h15-17H,3-14H2,1-2H3. The van der Waals surface area contributed by atoms with Crippen molar-refractivity contribution < 1.29 is 0 Å². The largest absolute Gasteiger partial charge is 0.314 e. The number of rotatable bonds is 6. The van der Waals surface area contributed by atoms with Crippen LogP contribution in [0.15, 0.2) is 0 Å². The first-order valence-corrected chi connectivity index (χ1v) is 8.39. The number of piperazine rings is 1. The minimum Gasteiger partial charge on any atom is -0.314 e. The van der Waals surface area contributed by atoms with Crippen molar-refractivity contribution >= 4 is 0 Å². The second-order valence-corrected chi connectivity index (χ2v) is 6.85. The first kappa shape index (κ1) is 15.3. The topological polar surface area (TPSA) is 18.5 Å². The first-order chi connectivity index (χ1) is 9.24. The molecule has 0 bridgehead atoms. The van der Waals surface area contributed by atoms with Crippen LogP contribution in [0.25, 0.3) is 0 Å². The van der Waals surface area contributed by atoms with E-state index in [1.54, 1.807) is 0 Å². The number of likely N-dealkylation sites (tertiary alicyclic amines) is 1. The maximum atomic E-state index is 3.43. The van der Waals surface area contributed by atoms with Crippen LogP contribution < -0.4 is 5.32 Å². The molecule has 0 amide bonds. The van der Waals surface area contributed by atoms with Gasteiger partial charge in [-0.15, -0.1) is 0 Å². The molecule has 0 saturated carbocycles. The molecule has 3 heteroatoms. The summed E-state index contributed by atoms with van der Waals surface area (Å²) in [6, 6.07) is 0. The van der Waals surface area contributed by atoms with E-state index in [2.05, 4.69) is 29.0 Å². The summed E-state index contributed by atoms with van der Waals surface area (Å²) in [7, 11) is 0. The monoisotopic (exact) mass is 267 g/mol. The zero-order valence-electron chi connectivity index (χ0n) is 13.0. The molecule has 0 aromatic rings. The number of nitrogens with one attached hydrogen (secondary N) is 1. The summed E-state index contributed by atoms with van der Waals surface area (Å²) in [6.45, 7) is 14.9. The molecular formula is C16H33N3. The zero-order chi connectivity index (χ0) is 13.5. The van der Waals surface area contributed by atoms with Crippen LogP contribution in [0.2, 0.25) is 0 Å². The SMILES string of the molecule is CC(C)CCN1CCC(CCN2CCNCC2)CC1. The second kappa shape index (κ2) is 8.23. The van der Waals surface area contributed by atoms with E-state index in [-0.39, 0.29) is 0 Å². The molecule has 19 heavy (non-hydrogen) atoms. The summed E-state index contributed by atoms with van der Waals surface area (Å²) in [5.41, 5.74) is 0. The van der Waals surface area contributed by atoms with E-state index in [4.69, 9.17) is 0 Å². The molecule has 2 aliphatic rings. The Kier molecular flexibility index (Phi) is 6.62. The lowest BCUT2D eigenvalue weighted by Crippen LogP contribution is -2.44. The van der Waals surface area contributed by atoms with Crippen molar-refractivity contribution in [2.45, 2.75) is 39.5 Å². The summed E-state index contributed by atoms with van der Waals surface area (Å²) in [5.74, 6) is 1.84. The van der Waals surface area contributed by atoms with Crippen LogP contribution in [0.3, 0.4) is 0 Å². The summed E-state index contributed by atoms with van der Waals surface area (Å²) in [4.78, 5) is 5.32. The van der Waals surface area contributed by atoms with Crippen LogP contribution >= 0.6 is 0 Å². The van der Waals surface area contributed by atoms with Gasteiger partial charge in [0.2, 0.25) is 0 Å². The van der Waals surface area contributed by atoms with Crippen molar-refractivity contribution in [1.29, 1.82) is 0 Å². The average Bonchev–Trinajstić information content (AvgIpc) is 2.45. The van der Waals surface area contributed by atoms with E-state index >= 15 is 0 Å². The Morgan fingerprint density at radius 1 is 0.947 bits per heavy atom. The third-order valence-corrected chi connectivity index (χ3v) is 4.79.